The molecule has 1 aliphatic rings. The minimum Gasteiger partial charge on any atom is -0.267 e. The maximum absolute atomic E-state index is 12.4. The van der Waals surface area contributed by atoms with Crippen LogP contribution in [0.2, 0.25) is 0 Å². The molecular weight excluding hydrogens is 365 g/mol. The minimum absolute atomic E-state index is 0.0894. The Labute approximate surface area is 130 Å². The number of hydrogen-bond acceptors (Lipinski definition) is 3. The molecule has 0 bridgehead atoms. The van der Waals surface area contributed by atoms with Gasteiger partial charge in [0, 0.05) is 12.6 Å². The van der Waals surface area contributed by atoms with E-state index in [0.29, 0.717) is 15.8 Å². The summed E-state index contributed by atoms with van der Waals surface area (Å²) in [6.45, 7) is 0.619. The van der Waals surface area contributed by atoms with Crippen LogP contribution in [0.3, 0.4) is 0 Å². The number of rotatable bonds is 2. The van der Waals surface area contributed by atoms with E-state index < -0.39 is 0 Å². The highest BCUT2D eigenvalue weighted by molar-refractivity contribution is 14.1. The second-order valence-corrected chi connectivity index (χ2v) is 5.45. The van der Waals surface area contributed by atoms with Gasteiger partial charge >= 0.3 is 0 Å². The highest BCUT2D eigenvalue weighted by atomic mass is 127. The Morgan fingerprint density at radius 1 is 1.15 bits per heavy atom. The molecule has 2 heterocycles. The summed E-state index contributed by atoms with van der Waals surface area (Å²) < 4.78 is 0.707. The van der Waals surface area contributed by atoms with E-state index in [1.165, 1.54) is 5.01 Å². The van der Waals surface area contributed by atoms with Gasteiger partial charge in [0.05, 0.1) is 17.8 Å². The lowest BCUT2D eigenvalue weighted by Crippen LogP contribution is -2.24. The Morgan fingerprint density at radius 2 is 1.95 bits per heavy atom. The molecule has 3 rings (SSSR count). The minimum atomic E-state index is -0.0894. The molecule has 0 atom stereocenters. The van der Waals surface area contributed by atoms with Gasteiger partial charge in [-0.15, -0.1) is 0 Å². The fourth-order valence-corrected chi connectivity index (χ4v) is 2.69. The van der Waals surface area contributed by atoms with E-state index >= 15 is 0 Å². The first-order valence-electron chi connectivity index (χ1n) is 6.31. The van der Waals surface area contributed by atoms with E-state index in [4.69, 9.17) is 0 Å². The molecule has 0 unspecified atom stereocenters. The third kappa shape index (κ3) is 2.58. The number of benzene rings is 1. The van der Waals surface area contributed by atoms with Crippen LogP contribution in [0.4, 0.5) is 0 Å². The Kier molecular flexibility index (Phi) is 3.77. The third-order valence-electron chi connectivity index (χ3n) is 3.13. The molecule has 100 valence electrons. The first-order chi connectivity index (χ1) is 9.75. The van der Waals surface area contributed by atoms with Crippen molar-refractivity contribution in [2.45, 2.75) is 6.42 Å². The molecule has 0 fully saturated rings. The van der Waals surface area contributed by atoms with Crippen molar-refractivity contribution in [1.29, 1.82) is 0 Å². The van der Waals surface area contributed by atoms with Gasteiger partial charge in [0.25, 0.3) is 5.91 Å². The van der Waals surface area contributed by atoms with Gasteiger partial charge in [0.2, 0.25) is 0 Å². The number of carbonyl (C=O) groups excluding carboxylic acids is 1. The molecule has 0 N–H and O–H groups in total. The molecule has 0 spiro atoms. The van der Waals surface area contributed by atoms with Crippen LogP contribution in [0, 0.1) is 3.70 Å². The van der Waals surface area contributed by atoms with Crippen LogP contribution in [-0.2, 0) is 0 Å². The molecule has 1 aliphatic heterocycles. The molecule has 1 aromatic heterocycles. The standard InChI is InChI=1S/C15H12IN3O/c16-14-12(7-4-9-17-14)15(20)19-10-8-13(18-19)11-5-2-1-3-6-11/h1-7,9H,8,10H2. The summed E-state index contributed by atoms with van der Waals surface area (Å²) in [5.74, 6) is -0.0894. The smallest absolute Gasteiger partial charge is 0.267 e. The highest BCUT2D eigenvalue weighted by Crippen LogP contribution is 2.18. The number of amides is 1. The molecular formula is C15H12IN3O. The molecule has 0 radical (unpaired) electrons. The van der Waals surface area contributed by atoms with Crippen LogP contribution < -0.4 is 0 Å². The zero-order valence-corrected chi connectivity index (χ0v) is 12.8. The van der Waals surface area contributed by atoms with Crippen molar-refractivity contribution >= 4 is 34.2 Å². The normalized spacial score (nSPS) is 14.2. The fourth-order valence-electron chi connectivity index (χ4n) is 2.12. The van der Waals surface area contributed by atoms with E-state index in [0.717, 1.165) is 17.7 Å². The zero-order chi connectivity index (χ0) is 13.9. The molecule has 4 nitrogen and oxygen atoms in total. The van der Waals surface area contributed by atoms with Crippen LogP contribution in [0.25, 0.3) is 0 Å². The van der Waals surface area contributed by atoms with E-state index in [2.05, 4.69) is 32.7 Å². The molecule has 0 saturated heterocycles. The van der Waals surface area contributed by atoms with E-state index in [9.17, 15) is 4.79 Å². The van der Waals surface area contributed by atoms with Gasteiger partial charge < -0.3 is 0 Å². The SMILES string of the molecule is O=C(c1cccnc1I)N1CCC(c2ccccc2)=N1. The van der Waals surface area contributed by atoms with Gasteiger partial charge in [0.1, 0.15) is 3.70 Å². The maximum Gasteiger partial charge on any atom is 0.276 e. The van der Waals surface area contributed by atoms with Crippen molar-refractivity contribution in [3.8, 4) is 0 Å². The second kappa shape index (κ2) is 5.70. The van der Waals surface area contributed by atoms with Crippen LogP contribution in [-0.4, -0.2) is 28.2 Å². The molecule has 1 amide bonds. The largest absolute Gasteiger partial charge is 0.276 e. The van der Waals surface area contributed by atoms with Gasteiger partial charge in [0.15, 0.2) is 0 Å². The van der Waals surface area contributed by atoms with Crippen LogP contribution >= 0.6 is 22.6 Å². The average Bonchev–Trinajstić information content (AvgIpc) is 2.98. The Bertz CT molecular complexity index is 670. The predicted octanol–water partition coefficient (Wildman–Crippen LogP) is 2.94. The number of nitrogens with zero attached hydrogens (tertiary/aromatic N) is 3. The van der Waals surface area contributed by atoms with Crippen LogP contribution in [0.5, 0.6) is 0 Å². The summed E-state index contributed by atoms with van der Waals surface area (Å²) in [5, 5.41) is 5.97. The van der Waals surface area contributed by atoms with Crippen molar-refractivity contribution < 1.29 is 4.79 Å². The number of hydrazone groups is 1. The summed E-state index contributed by atoms with van der Waals surface area (Å²) >= 11 is 2.07. The Balaban J connectivity index is 1.85. The van der Waals surface area contributed by atoms with Gasteiger partial charge in [-0.3, -0.25) is 4.79 Å². The summed E-state index contributed by atoms with van der Waals surface area (Å²) in [4.78, 5) is 16.6. The number of pyridine rings is 1. The van der Waals surface area contributed by atoms with Crippen molar-refractivity contribution in [1.82, 2.24) is 9.99 Å². The van der Waals surface area contributed by atoms with Gasteiger partial charge in [-0.2, -0.15) is 5.10 Å². The first-order valence-corrected chi connectivity index (χ1v) is 7.39. The summed E-state index contributed by atoms with van der Waals surface area (Å²) in [6.07, 6.45) is 2.47. The summed E-state index contributed by atoms with van der Waals surface area (Å²) in [5.41, 5.74) is 2.63. The second-order valence-electron chi connectivity index (χ2n) is 4.43. The van der Waals surface area contributed by atoms with Crippen molar-refractivity contribution in [3.05, 3.63) is 63.5 Å². The van der Waals surface area contributed by atoms with Crippen molar-refractivity contribution in [2.24, 2.45) is 5.10 Å². The maximum atomic E-state index is 12.4. The van der Waals surface area contributed by atoms with E-state index in [1.54, 1.807) is 18.3 Å². The van der Waals surface area contributed by atoms with Crippen LogP contribution in [0.15, 0.2) is 53.8 Å². The lowest BCUT2D eigenvalue weighted by atomic mass is 10.1. The van der Waals surface area contributed by atoms with E-state index in [1.807, 2.05) is 30.3 Å². The number of hydrogen-bond donors (Lipinski definition) is 0. The highest BCUT2D eigenvalue weighted by Gasteiger charge is 2.24. The lowest BCUT2D eigenvalue weighted by Gasteiger charge is -2.11. The summed E-state index contributed by atoms with van der Waals surface area (Å²) in [7, 11) is 0. The molecule has 0 aliphatic carbocycles. The first kappa shape index (κ1) is 13.2. The van der Waals surface area contributed by atoms with Crippen molar-refractivity contribution in [3.63, 3.8) is 0 Å². The molecule has 20 heavy (non-hydrogen) atoms. The third-order valence-corrected chi connectivity index (χ3v) is 3.99. The van der Waals surface area contributed by atoms with Crippen LogP contribution in [0.1, 0.15) is 22.3 Å². The molecule has 2 aromatic rings. The molecule has 0 saturated carbocycles. The number of carbonyl (C=O) groups is 1. The topological polar surface area (TPSA) is 45.6 Å². The quantitative estimate of drug-likeness (QED) is 0.597. The monoisotopic (exact) mass is 377 g/mol. The number of halogens is 1. The molecule has 5 heteroatoms. The lowest BCUT2D eigenvalue weighted by molar-refractivity contribution is 0.0777. The zero-order valence-electron chi connectivity index (χ0n) is 10.7. The average molecular weight is 377 g/mol. The Morgan fingerprint density at radius 3 is 2.70 bits per heavy atom. The van der Waals surface area contributed by atoms with Crippen molar-refractivity contribution in [2.75, 3.05) is 6.54 Å². The van der Waals surface area contributed by atoms with Gasteiger partial charge in [-0.05, 0) is 40.3 Å². The number of aromatic nitrogens is 1. The van der Waals surface area contributed by atoms with Gasteiger partial charge in [-0.25, -0.2) is 9.99 Å². The fraction of sp³-hybridized carbons (Fsp3) is 0.133. The van der Waals surface area contributed by atoms with Gasteiger partial charge in [-0.1, -0.05) is 30.3 Å². The molecule has 1 aromatic carbocycles. The summed E-state index contributed by atoms with van der Waals surface area (Å²) in [6, 6.07) is 13.5. The van der Waals surface area contributed by atoms with E-state index in [-0.39, 0.29) is 5.91 Å². The predicted molar refractivity (Wildman–Crippen MR) is 85.6 cm³/mol. The Hall–Kier alpha value is -1.76.